The summed E-state index contributed by atoms with van der Waals surface area (Å²) >= 11 is 0. The van der Waals surface area contributed by atoms with Crippen LogP contribution in [-0.2, 0) is 16.0 Å². The molecule has 1 amide bonds. The Bertz CT molecular complexity index is 507. The van der Waals surface area contributed by atoms with Crippen molar-refractivity contribution in [1.29, 1.82) is 0 Å². The highest BCUT2D eigenvalue weighted by molar-refractivity contribution is 5.87. The summed E-state index contributed by atoms with van der Waals surface area (Å²) in [5, 5.41) is 11.6. The van der Waals surface area contributed by atoms with Gasteiger partial charge in [-0.2, -0.15) is 0 Å². The van der Waals surface area contributed by atoms with Gasteiger partial charge >= 0.3 is 5.97 Å². The molecule has 6 heteroatoms. The van der Waals surface area contributed by atoms with E-state index in [1.54, 1.807) is 6.07 Å². The van der Waals surface area contributed by atoms with Gasteiger partial charge in [0.2, 0.25) is 5.91 Å². The molecule has 21 heavy (non-hydrogen) atoms. The first-order valence-corrected chi connectivity index (χ1v) is 6.89. The quantitative estimate of drug-likeness (QED) is 0.707. The number of carbonyl (C=O) groups excluding carboxylic acids is 1. The van der Waals surface area contributed by atoms with E-state index in [1.807, 2.05) is 13.8 Å². The zero-order chi connectivity index (χ0) is 16.0. The third kappa shape index (κ3) is 4.82. The Morgan fingerprint density at radius 3 is 2.52 bits per heavy atom. The number of carbonyl (C=O) groups is 2. The van der Waals surface area contributed by atoms with Gasteiger partial charge in [0.15, 0.2) is 0 Å². The average molecular weight is 296 g/mol. The number of hydrogen-bond acceptors (Lipinski definition) is 3. The first-order chi connectivity index (χ1) is 9.86. The smallest absolute Gasteiger partial charge is 0.326 e. The lowest BCUT2D eigenvalue weighted by Gasteiger charge is -2.21. The number of aliphatic carboxylic acids is 1. The number of benzene rings is 1. The van der Waals surface area contributed by atoms with Gasteiger partial charge in [-0.3, -0.25) is 4.79 Å². The first-order valence-electron chi connectivity index (χ1n) is 6.89. The maximum absolute atomic E-state index is 13.6. The molecule has 3 atom stereocenters. The second-order valence-corrected chi connectivity index (χ2v) is 5.11. The maximum Gasteiger partial charge on any atom is 0.326 e. The predicted octanol–water partition coefficient (Wildman–Crippen LogP) is 1.31. The molecule has 0 fully saturated rings. The van der Waals surface area contributed by atoms with Gasteiger partial charge in [0.25, 0.3) is 0 Å². The van der Waals surface area contributed by atoms with Crippen LogP contribution in [0.1, 0.15) is 25.8 Å². The lowest BCUT2D eigenvalue weighted by Crippen LogP contribution is -2.51. The lowest BCUT2D eigenvalue weighted by atomic mass is 9.98. The molecule has 0 spiro atoms. The Morgan fingerprint density at radius 1 is 1.38 bits per heavy atom. The standard InChI is InChI=1S/C15H21FN2O3/c1-3-9(2)13(17)14(19)18-12(15(20)21)8-10-6-4-5-7-11(10)16/h4-7,9,12-13H,3,8,17H2,1-2H3,(H,18,19)(H,20,21)/t9-,12-,13-/m0/s1. The van der Waals surface area contributed by atoms with Crippen LogP contribution in [0.15, 0.2) is 24.3 Å². The third-order valence-corrected chi connectivity index (χ3v) is 3.56. The van der Waals surface area contributed by atoms with Gasteiger partial charge in [-0.1, -0.05) is 38.5 Å². The largest absolute Gasteiger partial charge is 0.480 e. The Labute approximate surface area is 123 Å². The molecule has 0 aromatic heterocycles. The van der Waals surface area contributed by atoms with Crippen molar-refractivity contribution in [3.05, 3.63) is 35.6 Å². The molecule has 0 saturated heterocycles. The van der Waals surface area contributed by atoms with Crippen molar-refractivity contribution < 1.29 is 19.1 Å². The fraction of sp³-hybridized carbons (Fsp3) is 0.467. The molecule has 1 rings (SSSR count). The zero-order valence-electron chi connectivity index (χ0n) is 12.2. The van der Waals surface area contributed by atoms with Crippen LogP contribution < -0.4 is 11.1 Å². The highest BCUT2D eigenvalue weighted by Gasteiger charge is 2.26. The predicted molar refractivity (Wildman–Crippen MR) is 77.1 cm³/mol. The van der Waals surface area contributed by atoms with Crippen molar-refractivity contribution in [2.24, 2.45) is 11.7 Å². The summed E-state index contributed by atoms with van der Waals surface area (Å²) < 4.78 is 13.6. The molecule has 0 unspecified atom stereocenters. The van der Waals surface area contributed by atoms with Gasteiger partial charge in [0, 0.05) is 6.42 Å². The van der Waals surface area contributed by atoms with Crippen LogP contribution in [0.4, 0.5) is 4.39 Å². The lowest BCUT2D eigenvalue weighted by molar-refractivity contribution is -0.142. The number of hydrogen-bond donors (Lipinski definition) is 3. The summed E-state index contributed by atoms with van der Waals surface area (Å²) in [5.41, 5.74) is 6.00. The molecule has 0 aliphatic heterocycles. The van der Waals surface area contributed by atoms with Gasteiger partial charge in [-0.05, 0) is 17.5 Å². The average Bonchev–Trinajstić information content (AvgIpc) is 2.46. The van der Waals surface area contributed by atoms with E-state index >= 15 is 0 Å². The second-order valence-electron chi connectivity index (χ2n) is 5.11. The minimum Gasteiger partial charge on any atom is -0.480 e. The molecule has 0 aliphatic carbocycles. The molecule has 5 nitrogen and oxygen atoms in total. The van der Waals surface area contributed by atoms with Crippen molar-refractivity contribution >= 4 is 11.9 Å². The summed E-state index contributed by atoms with van der Waals surface area (Å²) in [6.45, 7) is 3.71. The molecule has 1 aromatic carbocycles. The van der Waals surface area contributed by atoms with E-state index in [0.717, 1.165) is 0 Å². The number of nitrogens with one attached hydrogen (secondary N) is 1. The number of halogens is 1. The van der Waals surface area contributed by atoms with E-state index in [0.29, 0.717) is 6.42 Å². The van der Waals surface area contributed by atoms with Crippen LogP contribution in [0.2, 0.25) is 0 Å². The van der Waals surface area contributed by atoms with E-state index < -0.39 is 29.8 Å². The Balaban J connectivity index is 2.77. The molecule has 4 N–H and O–H groups in total. The minimum atomic E-state index is -1.22. The fourth-order valence-electron chi connectivity index (χ4n) is 1.86. The molecule has 0 heterocycles. The van der Waals surface area contributed by atoms with Crippen LogP contribution in [0.5, 0.6) is 0 Å². The minimum absolute atomic E-state index is 0.0621. The van der Waals surface area contributed by atoms with Crippen LogP contribution in [0, 0.1) is 11.7 Å². The van der Waals surface area contributed by atoms with Gasteiger partial charge in [0.1, 0.15) is 11.9 Å². The van der Waals surface area contributed by atoms with Crippen molar-refractivity contribution in [3.8, 4) is 0 Å². The topological polar surface area (TPSA) is 92.4 Å². The van der Waals surface area contributed by atoms with E-state index in [-0.39, 0.29) is 17.9 Å². The van der Waals surface area contributed by atoms with Crippen LogP contribution in [0.3, 0.4) is 0 Å². The molecular weight excluding hydrogens is 275 g/mol. The zero-order valence-corrected chi connectivity index (χ0v) is 12.2. The molecule has 0 radical (unpaired) electrons. The molecular formula is C15H21FN2O3. The number of rotatable bonds is 7. The second kappa shape index (κ2) is 7.73. The van der Waals surface area contributed by atoms with Crippen LogP contribution in [0.25, 0.3) is 0 Å². The molecule has 116 valence electrons. The van der Waals surface area contributed by atoms with E-state index in [4.69, 9.17) is 5.73 Å². The first kappa shape index (κ1) is 17.1. The van der Waals surface area contributed by atoms with Crippen molar-refractivity contribution in [2.75, 3.05) is 0 Å². The molecule has 0 bridgehead atoms. The number of amides is 1. The normalized spacial score (nSPS) is 15.0. The highest BCUT2D eigenvalue weighted by Crippen LogP contribution is 2.10. The summed E-state index contributed by atoms with van der Waals surface area (Å²) in [4.78, 5) is 23.2. The molecule has 0 aliphatic rings. The van der Waals surface area contributed by atoms with E-state index in [1.165, 1.54) is 18.2 Å². The summed E-state index contributed by atoms with van der Waals surface area (Å²) in [7, 11) is 0. The van der Waals surface area contributed by atoms with Crippen molar-refractivity contribution in [1.82, 2.24) is 5.32 Å². The Kier molecular flexibility index (Phi) is 6.30. The number of carboxylic acid groups (broad SMARTS) is 1. The van der Waals surface area contributed by atoms with Crippen molar-refractivity contribution in [2.45, 2.75) is 38.8 Å². The number of carboxylic acids is 1. The van der Waals surface area contributed by atoms with Crippen LogP contribution >= 0.6 is 0 Å². The summed E-state index contributed by atoms with van der Waals surface area (Å²) in [6, 6.07) is 3.89. The van der Waals surface area contributed by atoms with E-state index in [2.05, 4.69) is 5.32 Å². The molecule has 0 saturated carbocycles. The van der Waals surface area contributed by atoms with E-state index in [9.17, 15) is 19.1 Å². The fourth-order valence-corrected chi connectivity index (χ4v) is 1.86. The Morgan fingerprint density at radius 2 is 2.00 bits per heavy atom. The van der Waals surface area contributed by atoms with Gasteiger partial charge in [-0.25, -0.2) is 9.18 Å². The number of nitrogens with two attached hydrogens (primary N) is 1. The molecule has 1 aromatic rings. The summed E-state index contributed by atoms with van der Waals surface area (Å²) in [5.74, 6) is -2.31. The highest BCUT2D eigenvalue weighted by atomic mass is 19.1. The monoisotopic (exact) mass is 296 g/mol. The van der Waals surface area contributed by atoms with Gasteiger partial charge < -0.3 is 16.2 Å². The Hall–Kier alpha value is -1.95. The maximum atomic E-state index is 13.6. The van der Waals surface area contributed by atoms with Crippen molar-refractivity contribution in [3.63, 3.8) is 0 Å². The SMILES string of the molecule is CC[C@H](C)[C@H](N)C(=O)N[C@@H](Cc1ccccc1F)C(=O)O. The van der Waals surface area contributed by atoms with Crippen LogP contribution in [-0.4, -0.2) is 29.1 Å². The third-order valence-electron chi connectivity index (χ3n) is 3.56. The van der Waals surface area contributed by atoms with Gasteiger partial charge in [-0.15, -0.1) is 0 Å². The summed E-state index contributed by atoms with van der Waals surface area (Å²) in [6.07, 6.45) is 0.584. The van der Waals surface area contributed by atoms with Gasteiger partial charge in [0.05, 0.1) is 6.04 Å².